The molecule has 0 radical (unpaired) electrons. The van der Waals surface area contributed by atoms with E-state index >= 15 is 0 Å². The smallest absolute Gasteiger partial charge is 0.183 e. The van der Waals surface area contributed by atoms with Crippen LogP contribution < -0.4 is 5.73 Å². The summed E-state index contributed by atoms with van der Waals surface area (Å²) < 4.78 is 1.03. The average Bonchev–Trinajstić information content (AvgIpc) is 2.57. The Morgan fingerprint density at radius 1 is 1.27 bits per heavy atom. The van der Waals surface area contributed by atoms with Gasteiger partial charge >= 0.3 is 0 Å². The number of hydrogen-bond acceptors (Lipinski definition) is 3. The molecule has 3 N–H and O–H groups in total. The number of nitrogen functional groups attached to an aromatic ring is 1. The highest BCUT2D eigenvalue weighted by Gasteiger charge is 2.05. The van der Waals surface area contributed by atoms with E-state index in [1.54, 1.807) is 0 Å². The van der Waals surface area contributed by atoms with Crippen molar-refractivity contribution < 1.29 is 0 Å². The lowest BCUT2D eigenvalue weighted by atomic mass is 10.2. The van der Waals surface area contributed by atoms with Crippen LogP contribution in [0.5, 0.6) is 0 Å². The van der Waals surface area contributed by atoms with Crippen LogP contribution in [-0.2, 0) is 0 Å². The van der Waals surface area contributed by atoms with E-state index in [1.165, 1.54) is 0 Å². The SMILES string of the molecule is Nc1[nH]nc2nc3ccc(Br)cc3cc12. The number of nitrogens with one attached hydrogen (secondary N) is 1. The summed E-state index contributed by atoms with van der Waals surface area (Å²) in [6, 6.07) is 7.90. The zero-order valence-corrected chi connectivity index (χ0v) is 9.25. The zero-order valence-electron chi connectivity index (χ0n) is 7.66. The lowest BCUT2D eigenvalue weighted by Crippen LogP contribution is -1.84. The van der Waals surface area contributed by atoms with Gasteiger partial charge in [0.1, 0.15) is 5.82 Å². The molecule has 0 saturated heterocycles. The number of nitrogens with zero attached hydrogens (tertiary/aromatic N) is 2. The first-order chi connectivity index (χ1) is 7.24. The fourth-order valence-corrected chi connectivity index (χ4v) is 1.97. The second-order valence-corrected chi connectivity index (χ2v) is 4.25. The molecule has 0 spiro atoms. The first-order valence-corrected chi connectivity index (χ1v) is 5.23. The second-order valence-electron chi connectivity index (χ2n) is 3.33. The zero-order chi connectivity index (χ0) is 10.4. The Labute approximate surface area is 93.6 Å². The van der Waals surface area contributed by atoms with Gasteiger partial charge in [0.2, 0.25) is 0 Å². The molecule has 0 saturated carbocycles. The predicted octanol–water partition coefficient (Wildman–Crippen LogP) is 2.46. The highest BCUT2D eigenvalue weighted by molar-refractivity contribution is 9.10. The van der Waals surface area contributed by atoms with Crippen LogP contribution in [0.2, 0.25) is 0 Å². The van der Waals surface area contributed by atoms with Crippen LogP contribution in [-0.4, -0.2) is 15.2 Å². The maximum absolute atomic E-state index is 5.74. The highest BCUT2D eigenvalue weighted by Crippen LogP contribution is 2.24. The van der Waals surface area contributed by atoms with E-state index in [4.69, 9.17) is 5.73 Å². The van der Waals surface area contributed by atoms with E-state index in [-0.39, 0.29) is 0 Å². The maximum Gasteiger partial charge on any atom is 0.183 e. The van der Waals surface area contributed by atoms with Gasteiger partial charge in [0.15, 0.2) is 5.65 Å². The standard InChI is InChI=1S/C10H7BrN4/c11-6-1-2-8-5(3-6)4-7-9(12)14-15-10(7)13-8/h1-4H,(H3,12,13,14,15). The fourth-order valence-electron chi connectivity index (χ4n) is 1.59. The number of fused-ring (bicyclic) bond motifs is 2. The van der Waals surface area contributed by atoms with Gasteiger partial charge in [-0.15, -0.1) is 0 Å². The average molecular weight is 263 g/mol. The topological polar surface area (TPSA) is 67.6 Å². The molecule has 3 rings (SSSR count). The van der Waals surface area contributed by atoms with Gasteiger partial charge in [-0.2, -0.15) is 5.10 Å². The van der Waals surface area contributed by atoms with Crippen LogP contribution >= 0.6 is 15.9 Å². The Hall–Kier alpha value is -1.62. The van der Waals surface area contributed by atoms with Crippen molar-refractivity contribution in [2.45, 2.75) is 0 Å². The maximum atomic E-state index is 5.74. The molecule has 15 heavy (non-hydrogen) atoms. The molecule has 0 aliphatic rings. The van der Waals surface area contributed by atoms with Crippen molar-refractivity contribution >= 4 is 43.7 Å². The number of pyridine rings is 1. The monoisotopic (exact) mass is 262 g/mol. The summed E-state index contributed by atoms with van der Waals surface area (Å²) in [5, 5.41) is 8.65. The lowest BCUT2D eigenvalue weighted by Gasteiger charge is -1.97. The number of hydrogen-bond donors (Lipinski definition) is 2. The fraction of sp³-hybridized carbons (Fsp3) is 0. The molecule has 2 aromatic heterocycles. The molecule has 0 aliphatic heterocycles. The van der Waals surface area contributed by atoms with Crippen molar-refractivity contribution in [1.29, 1.82) is 0 Å². The van der Waals surface area contributed by atoms with Gasteiger partial charge in [-0.05, 0) is 24.3 Å². The van der Waals surface area contributed by atoms with Crippen molar-refractivity contribution in [3.8, 4) is 0 Å². The Bertz CT molecular complexity index is 659. The van der Waals surface area contributed by atoms with Crippen LogP contribution in [0, 0.1) is 0 Å². The number of aromatic nitrogens is 3. The normalized spacial score (nSPS) is 11.3. The van der Waals surface area contributed by atoms with E-state index in [0.717, 1.165) is 20.8 Å². The minimum absolute atomic E-state index is 0.555. The third-order valence-electron chi connectivity index (χ3n) is 2.33. The third-order valence-corrected chi connectivity index (χ3v) is 2.82. The lowest BCUT2D eigenvalue weighted by molar-refractivity contribution is 1.11. The summed E-state index contributed by atoms with van der Waals surface area (Å²) in [5.41, 5.74) is 7.30. The number of aromatic amines is 1. The molecule has 5 heteroatoms. The Morgan fingerprint density at radius 3 is 3.00 bits per heavy atom. The predicted molar refractivity (Wildman–Crippen MR) is 63.5 cm³/mol. The van der Waals surface area contributed by atoms with Crippen LogP contribution in [0.4, 0.5) is 5.82 Å². The molecule has 0 unspecified atom stereocenters. The molecule has 1 aromatic carbocycles. The van der Waals surface area contributed by atoms with Crippen molar-refractivity contribution in [3.63, 3.8) is 0 Å². The molecule has 0 atom stereocenters. The van der Waals surface area contributed by atoms with E-state index in [1.807, 2.05) is 24.3 Å². The van der Waals surface area contributed by atoms with Gasteiger partial charge in [-0.1, -0.05) is 15.9 Å². The summed E-state index contributed by atoms with van der Waals surface area (Å²) in [5.74, 6) is 0.555. The minimum Gasteiger partial charge on any atom is -0.384 e. The van der Waals surface area contributed by atoms with Gasteiger partial charge in [-0.3, -0.25) is 5.10 Å². The molecule has 0 amide bonds. The first kappa shape index (κ1) is 8.67. The van der Waals surface area contributed by atoms with Crippen LogP contribution in [0.15, 0.2) is 28.7 Å². The molecule has 0 bridgehead atoms. The van der Waals surface area contributed by atoms with Gasteiger partial charge in [0, 0.05) is 9.86 Å². The summed E-state index contributed by atoms with van der Waals surface area (Å²) >= 11 is 3.42. The van der Waals surface area contributed by atoms with Crippen LogP contribution in [0.3, 0.4) is 0 Å². The van der Waals surface area contributed by atoms with E-state index < -0.39 is 0 Å². The van der Waals surface area contributed by atoms with Crippen molar-refractivity contribution in [2.75, 3.05) is 5.73 Å². The second kappa shape index (κ2) is 2.93. The largest absolute Gasteiger partial charge is 0.384 e. The number of rotatable bonds is 0. The summed E-state index contributed by atoms with van der Waals surface area (Å²) in [6.45, 7) is 0. The van der Waals surface area contributed by atoms with Gasteiger partial charge < -0.3 is 5.73 Å². The summed E-state index contributed by atoms with van der Waals surface area (Å²) in [6.07, 6.45) is 0. The molecule has 2 heterocycles. The molecular weight excluding hydrogens is 256 g/mol. The minimum atomic E-state index is 0.555. The molecule has 4 nitrogen and oxygen atoms in total. The molecule has 0 aliphatic carbocycles. The first-order valence-electron chi connectivity index (χ1n) is 4.44. The summed E-state index contributed by atoms with van der Waals surface area (Å²) in [4.78, 5) is 4.40. The number of benzene rings is 1. The molecular formula is C10H7BrN4. The number of H-pyrrole nitrogens is 1. The Kier molecular flexibility index (Phi) is 1.70. The molecule has 0 fully saturated rings. The van der Waals surface area contributed by atoms with E-state index in [0.29, 0.717) is 11.5 Å². The molecule has 74 valence electrons. The summed E-state index contributed by atoms with van der Waals surface area (Å²) in [7, 11) is 0. The van der Waals surface area contributed by atoms with Gasteiger partial charge in [0.25, 0.3) is 0 Å². The molecule has 3 aromatic rings. The van der Waals surface area contributed by atoms with E-state index in [9.17, 15) is 0 Å². The van der Waals surface area contributed by atoms with Crippen molar-refractivity contribution in [3.05, 3.63) is 28.7 Å². The third kappa shape index (κ3) is 1.27. The number of nitrogens with two attached hydrogens (primary N) is 1. The van der Waals surface area contributed by atoms with Gasteiger partial charge in [0.05, 0.1) is 10.9 Å². The van der Waals surface area contributed by atoms with Crippen LogP contribution in [0.1, 0.15) is 0 Å². The Morgan fingerprint density at radius 2 is 2.13 bits per heavy atom. The highest BCUT2D eigenvalue weighted by atomic mass is 79.9. The van der Waals surface area contributed by atoms with Crippen LogP contribution in [0.25, 0.3) is 21.9 Å². The van der Waals surface area contributed by atoms with Crippen molar-refractivity contribution in [2.24, 2.45) is 0 Å². The quantitative estimate of drug-likeness (QED) is 0.654. The van der Waals surface area contributed by atoms with Crippen molar-refractivity contribution in [1.82, 2.24) is 15.2 Å². The van der Waals surface area contributed by atoms with E-state index in [2.05, 4.69) is 31.1 Å². The number of anilines is 1. The number of halogens is 1. The Balaban J connectivity index is 2.50. The van der Waals surface area contributed by atoms with Gasteiger partial charge in [-0.25, -0.2) is 4.98 Å².